The highest BCUT2D eigenvalue weighted by Crippen LogP contribution is 2.26. The number of ether oxygens (including phenoxy) is 1. The number of rotatable bonds is 5. The summed E-state index contributed by atoms with van der Waals surface area (Å²) in [7, 11) is 0. The highest BCUT2D eigenvalue weighted by Gasteiger charge is 2.50. The quantitative estimate of drug-likeness (QED) is 0.557. The van der Waals surface area contributed by atoms with Gasteiger partial charge >= 0.3 is 11.9 Å². The van der Waals surface area contributed by atoms with Crippen molar-refractivity contribution < 1.29 is 24.5 Å². The number of hydrogen-bond acceptors (Lipinski definition) is 4. The molecule has 1 aromatic carbocycles. The predicted molar refractivity (Wildman–Crippen MR) is 73.4 cm³/mol. The molecule has 0 heterocycles. The molecule has 4 N–H and O–H groups in total. The molecular weight excluding hydrogens is 262 g/mol. The minimum absolute atomic E-state index is 0.283. The summed E-state index contributed by atoms with van der Waals surface area (Å²) in [5, 5.41) is 18.7. The van der Waals surface area contributed by atoms with E-state index < -0.39 is 23.1 Å². The molecule has 1 rings (SSSR count). The number of benzene rings is 1. The third kappa shape index (κ3) is 3.71. The molecule has 0 aliphatic carbocycles. The van der Waals surface area contributed by atoms with E-state index in [0.717, 1.165) is 0 Å². The summed E-state index contributed by atoms with van der Waals surface area (Å²) < 4.78 is 5.35. The van der Waals surface area contributed by atoms with Gasteiger partial charge in [0.1, 0.15) is 0 Å². The Morgan fingerprint density at radius 2 is 1.55 bits per heavy atom. The maximum absolute atomic E-state index is 11.5. The third-order valence-corrected chi connectivity index (χ3v) is 2.60. The van der Waals surface area contributed by atoms with E-state index >= 15 is 0 Å². The lowest BCUT2D eigenvalue weighted by atomic mass is 9.93. The molecule has 1 aromatic rings. The van der Waals surface area contributed by atoms with Crippen molar-refractivity contribution in [3.05, 3.63) is 29.8 Å². The van der Waals surface area contributed by atoms with Crippen molar-refractivity contribution in [1.29, 1.82) is 0 Å². The Morgan fingerprint density at radius 3 is 1.90 bits per heavy atom. The van der Waals surface area contributed by atoms with Crippen molar-refractivity contribution in [3.8, 4) is 0 Å². The lowest BCUT2D eigenvalue weighted by Gasteiger charge is -2.32. The van der Waals surface area contributed by atoms with Crippen LogP contribution in [-0.2, 0) is 20.7 Å². The Hall–Kier alpha value is -2.08. The van der Waals surface area contributed by atoms with Crippen LogP contribution >= 0.6 is 0 Å². The minimum Gasteiger partial charge on any atom is -0.479 e. The van der Waals surface area contributed by atoms with Gasteiger partial charge in [-0.25, -0.2) is 9.59 Å². The number of carbonyl (C=O) groups is 2. The van der Waals surface area contributed by atoms with Crippen LogP contribution < -0.4 is 5.73 Å². The summed E-state index contributed by atoms with van der Waals surface area (Å²) in [6.07, 6.45) is -0.283. The highest BCUT2D eigenvalue weighted by atomic mass is 16.6. The molecule has 110 valence electrons. The molecule has 0 aliphatic heterocycles. The van der Waals surface area contributed by atoms with E-state index in [1.54, 1.807) is 45.0 Å². The molecular formula is C14H19NO5. The number of anilines is 1. The summed E-state index contributed by atoms with van der Waals surface area (Å²) >= 11 is 0. The molecule has 0 atom stereocenters. The molecule has 0 radical (unpaired) electrons. The van der Waals surface area contributed by atoms with Gasteiger partial charge in [-0.2, -0.15) is 0 Å². The van der Waals surface area contributed by atoms with Gasteiger partial charge in [0.15, 0.2) is 0 Å². The molecule has 0 unspecified atom stereocenters. The van der Waals surface area contributed by atoms with Gasteiger partial charge in [0.25, 0.3) is 5.60 Å². The first-order valence-corrected chi connectivity index (χ1v) is 6.08. The molecule has 0 aromatic heterocycles. The van der Waals surface area contributed by atoms with E-state index in [-0.39, 0.29) is 6.42 Å². The zero-order chi connectivity index (χ0) is 15.6. The Labute approximate surface area is 117 Å². The van der Waals surface area contributed by atoms with Gasteiger partial charge in [0.05, 0.1) is 5.60 Å². The van der Waals surface area contributed by atoms with Crippen LogP contribution in [0.3, 0.4) is 0 Å². The third-order valence-electron chi connectivity index (χ3n) is 2.60. The fourth-order valence-corrected chi connectivity index (χ4v) is 1.81. The molecule has 0 aliphatic rings. The second-order valence-corrected chi connectivity index (χ2v) is 5.57. The van der Waals surface area contributed by atoms with Crippen LogP contribution in [0.4, 0.5) is 5.69 Å². The molecule has 6 nitrogen and oxygen atoms in total. The van der Waals surface area contributed by atoms with Gasteiger partial charge in [-0.1, -0.05) is 12.1 Å². The second-order valence-electron chi connectivity index (χ2n) is 5.57. The van der Waals surface area contributed by atoms with Crippen molar-refractivity contribution in [2.75, 3.05) is 5.73 Å². The summed E-state index contributed by atoms with van der Waals surface area (Å²) in [6.45, 7) is 4.82. The van der Waals surface area contributed by atoms with Crippen molar-refractivity contribution in [2.45, 2.75) is 38.4 Å². The summed E-state index contributed by atoms with van der Waals surface area (Å²) in [5.74, 6) is -3.06. The van der Waals surface area contributed by atoms with E-state index in [9.17, 15) is 19.8 Å². The smallest absolute Gasteiger partial charge is 0.348 e. The number of carboxylic acids is 2. The maximum Gasteiger partial charge on any atom is 0.348 e. The summed E-state index contributed by atoms with van der Waals surface area (Å²) in [5.41, 5.74) is 3.35. The molecule has 20 heavy (non-hydrogen) atoms. The zero-order valence-corrected chi connectivity index (χ0v) is 11.7. The normalized spacial score (nSPS) is 12.2. The number of nitrogens with two attached hydrogens (primary N) is 1. The van der Waals surface area contributed by atoms with Crippen molar-refractivity contribution in [2.24, 2.45) is 0 Å². The van der Waals surface area contributed by atoms with Crippen molar-refractivity contribution >= 4 is 17.6 Å². The molecule has 0 saturated heterocycles. The molecule has 6 heteroatoms. The Morgan fingerprint density at radius 1 is 1.10 bits per heavy atom. The van der Waals surface area contributed by atoms with Crippen LogP contribution in [0.25, 0.3) is 0 Å². The van der Waals surface area contributed by atoms with Crippen molar-refractivity contribution in [3.63, 3.8) is 0 Å². The predicted octanol–water partition coefficient (Wildman–Crippen LogP) is 1.53. The lowest BCUT2D eigenvalue weighted by Crippen LogP contribution is -2.54. The van der Waals surface area contributed by atoms with E-state index in [1.807, 2.05) is 0 Å². The number of nitrogen functional groups attached to an aromatic ring is 1. The standard InChI is InChI=1S/C14H19NO5/c1-13(2,3)20-14(11(16)17,12(18)19)8-9-4-6-10(15)7-5-9/h4-7H,8,15H2,1-3H3,(H,16,17)(H,18,19). The van der Waals surface area contributed by atoms with E-state index in [4.69, 9.17) is 10.5 Å². The first-order valence-electron chi connectivity index (χ1n) is 6.08. The average Bonchev–Trinajstić information content (AvgIpc) is 2.28. The zero-order valence-electron chi connectivity index (χ0n) is 11.7. The fraction of sp³-hybridized carbons (Fsp3) is 0.429. The first-order chi connectivity index (χ1) is 9.07. The highest BCUT2D eigenvalue weighted by molar-refractivity contribution is 6.02. The lowest BCUT2D eigenvalue weighted by molar-refractivity contribution is -0.199. The van der Waals surface area contributed by atoms with Crippen LogP contribution in [-0.4, -0.2) is 33.4 Å². The van der Waals surface area contributed by atoms with Crippen LogP contribution in [0.2, 0.25) is 0 Å². The van der Waals surface area contributed by atoms with Crippen LogP contribution in [0, 0.1) is 0 Å². The van der Waals surface area contributed by atoms with E-state index in [1.165, 1.54) is 0 Å². The minimum atomic E-state index is -2.33. The molecule has 0 fully saturated rings. The number of hydrogen-bond donors (Lipinski definition) is 3. The average molecular weight is 281 g/mol. The van der Waals surface area contributed by atoms with Gasteiger partial charge in [-0.3, -0.25) is 0 Å². The summed E-state index contributed by atoms with van der Waals surface area (Å²) in [6, 6.07) is 6.34. The number of carboxylic acid groups (broad SMARTS) is 2. The topological polar surface area (TPSA) is 110 Å². The van der Waals surface area contributed by atoms with Gasteiger partial charge in [0, 0.05) is 12.1 Å². The largest absolute Gasteiger partial charge is 0.479 e. The van der Waals surface area contributed by atoms with Crippen LogP contribution in [0.15, 0.2) is 24.3 Å². The second kappa shape index (κ2) is 5.50. The Bertz CT molecular complexity index is 487. The van der Waals surface area contributed by atoms with Gasteiger partial charge in [0.2, 0.25) is 0 Å². The molecule has 0 saturated carbocycles. The van der Waals surface area contributed by atoms with Gasteiger partial charge < -0.3 is 20.7 Å². The number of aliphatic carboxylic acids is 2. The van der Waals surface area contributed by atoms with Gasteiger partial charge in [-0.15, -0.1) is 0 Å². The monoisotopic (exact) mass is 281 g/mol. The fourth-order valence-electron chi connectivity index (χ4n) is 1.81. The van der Waals surface area contributed by atoms with E-state index in [0.29, 0.717) is 11.3 Å². The van der Waals surface area contributed by atoms with Crippen molar-refractivity contribution in [1.82, 2.24) is 0 Å². The van der Waals surface area contributed by atoms with Crippen LogP contribution in [0.5, 0.6) is 0 Å². The van der Waals surface area contributed by atoms with E-state index in [2.05, 4.69) is 0 Å². The SMILES string of the molecule is CC(C)(C)OC(Cc1ccc(N)cc1)(C(=O)O)C(=O)O. The molecule has 0 bridgehead atoms. The Balaban J connectivity index is 3.19. The maximum atomic E-state index is 11.5. The molecule has 0 spiro atoms. The van der Waals surface area contributed by atoms with Gasteiger partial charge in [-0.05, 0) is 38.5 Å². The Kier molecular flexibility index (Phi) is 4.39. The van der Waals surface area contributed by atoms with Crippen LogP contribution in [0.1, 0.15) is 26.3 Å². The molecule has 0 amide bonds. The first kappa shape index (κ1) is 16.0. The summed E-state index contributed by atoms with van der Waals surface area (Å²) in [4.78, 5) is 23.0.